The lowest BCUT2D eigenvalue weighted by Gasteiger charge is -2.26. The van der Waals surface area contributed by atoms with Crippen molar-refractivity contribution in [3.05, 3.63) is 24.3 Å². The monoisotopic (exact) mass is 339 g/mol. The molecule has 1 N–H and O–H groups in total. The summed E-state index contributed by atoms with van der Waals surface area (Å²) in [5, 5.41) is 3.99. The third-order valence-electron chi connectivity index (χ3n) is 4.02. The molecule has 1 amide bonds. The number of nitrogens with one attached hydrogen (secondary N) is 1. The highest BCUT2D eigenvalue weighted by Gasteiger charge is 2.42. The number of halogens is 1. The van der Waals surface area contributed by atoms with Gasteiger partial charge in [-0.2, -0.15) is 0 Å². The summed E-state index contributed by atoms with van der Waals surface area (Å²) >= 11 is 3.47. The number of fused-ring (bicyclic) bond motifs is 1. The number of rotatable bonds is 5. The minimum absolute atomic E-state index is 0.0830. The molecule has 1 atom stereocenters. The first-order valence-electron chi connectivity index (χ1n) is 6.95. The van der Waals surface area contributed by atoms with E-state index in [4.69, 9.17) is 9.47 Å². The first-order chi connectivity index (χ1) is 9.72. The van der Waals surface area contributed by atoms with Gasteiger partial charge in [0.1, 0.15) is 6.61 Å². The second-order valence-electron chi connectivity index (χ2n) is 5.52. The average Bonchev–Trinajstić information content (AvgIpc) is 3.25. The average molecular weight is 340 g/mol. The van der Waals surface area contributed by atoms with Crippen molar-refractivity contribution in [3.8, 4) is 11.5 Å². The van der Waals surface area contributed by atoms with Gasteiger partial charge in [-0.25, -0.2) is 0 Å². The Balaban J connectivity index is 1.54. The Morgan fingerprint density at radius 1 is 1.35 bits per heavy atom. The van der Waals surface area contributed by atoms with Crippen LogP contribution in [0.4, 0.5) is 0 Å². The normalized spacial score (nSPS) is 22.1. The molecule has 1 unspecified atom stereocenters. The van der Waals surface area contributed by atoms with Gasteiger partial charge in [0.25, 0.3) is 5.91 Å². The van der Waals surface area contributed by atoms with Gasteiger partial charge in [0.2, 0.25) is 6.10 Å². The van der Waals surface area contributed by atoms with E-state index in [2.05, 4.69) is 21.2 Å². The predicted octanol–water partition coefficient (Wildman–Crippen LogP) is 2.51. The van der Waals surface area contributed by atoms with Crippen molar-refractivity contribution >= 4 is 21.8 Å². The van der Waals surface area contributed by atoms with Gasteiger partial charge in [0, 0.05) is 11.9 Å². The van der Waals surface area contributed by atoms with Gasteiger partial charge in [-0.1, -0.05) is 28.1 Å². The van der Waals surface area contributed by atoms with E-state index in [0.29, 0.717) is 16.9 Å². The molecule has 0 aromatic heterocycles. The standard InChI is InChI=1S/C15H18BrNO3/c16-8-7-15(5-6-15)10-17-14(18)13-9-19-11-3-1-2-4-12(11)20-13/h1-4,13H,5-10H2,(H,17,18). The molecule has 1 aromatic rings. The molecule has 20 heavy (non-hydrogen) atoms. The molecule has 0 radical (unpaired) electrons. The summed E-state index contributed by atoms with van der Waals surface area (Å²) in [6.45, 7) is 1.01. The topological polar surface area (TPSA) is 47.6 Å². The Kier molecular flexibility index (Phi) is 3.87. The lowest BCUT2D eigenvalue weighted by molar-refractivity contribution is -0.130. The van der Waals surface area contributed by atoms with Crippen LogP contribution in [0.2, 0.25) is 0 Å². The molecule has 0 saturated heterocycles. The molecule has 4 nitrogen and oxygen atoms in total. The van der Waals surface area contributed by atoms with Gasteiger partial charge in [-0.15, -0.1) is 0 Å². The Morgan fingerprint density at radius 3 is 2.80 bits per heavy atom. The van der Waals surface area contributed by atoms with E-state index in [0.717, 1.165) is 18.3 Å². The molecule has 0 spiro atoms. The zero-order chi connectivity index (χ0) is 14.0. The molecule has 1 fully saturated rings. The lowest BCUT2D eigenvalue weighted by Crippen LogP contribution is -2.45. The number of amides is 1. The molecule has 1 saturated carbocycles. The third kappa shape index (κ3) is 2.92. The second-order valence-corrected chi connectivity index (χ2v) is 6.31. The minimum Gasteiger partial charge on any atom is -0.485 e. The predicted molar refractivity (Wildman–Crippen MR) is 79.4 cm³/mol. The maximum absolute atomic E-state index is 12.2. The highest BCUT2D eigenvalue weighted by atomic mass is 79.9. The fraction of sp³-hybridized carbons (Fsp3) is 0.533. The molecule has 1 heterocycles. The Morgan fingerprint density at radius 2 is 2.10 bits per heavy atom. The van der Waals surface area contributed by atoms with E-state index in [-0.39, 0.29) is 12.5 Å². The quantitative estimate of drug-likeness (QED) is 0.838. The maximum atomic E-state index is 12.2. The molecule has 1 aromatic carbocycles. The van der Waals surface area contributed by atoms with Crippen molar-refractivity contribution in [2.24, 2.45) is 5.41 Å². The summed E-state index contributed by atoms with van der Waals surface area (Å²) < 4.78 is 11.3. The first-order valence-corrected chi connectivity index (χ1v) is 8.07. The summed E-state index contributed by atoms with van der Waals surface area (Å²) in [6.07, 6.45) is 2.95. The van der Waals surface area contributed by atoms with Crippen LogP contribution in [0.15, 0.2) is 24.3 Å². The highest BCUT2D eigenvalue weighted by molar-refractivity contribution is 9.09. The number of carbonyl (C=O) groups excluding carboxylic acids is 1. The fourth-order valence-electron chi connectivity index (χ4n) is 2.43. The number of hydrogen-bond acceptors (Lipinski definition) is 3. The van der Waals surface area contributed by atoms with Crippen molar-refractivity contribution in [1.82, 2.24) is 5.32 Å². The number of alkyl halides is 1. The molecule has 3 rings (SSSR count). The number of ether oxygens (including phenoxy) is 2. The second kappa shape index (κ2) is 5.64. The van der Waals surface area contributed by atoms with Crippen LogP contribution in [0.25, 0.3) is 0 Å². The van der Waals surface area contributed by atoms with Crippen LogP contribution in [-0.4, -0.2) is 30.5 Å². The summed E-state index contributed by atoms with van der Waals surface area (Å²) in [5.74, 6) is 1.26. The Bertz CT molecular complexity index is 502. The van der Waals surface area contributed by atoms with Crippen LogP contribution < -0.4 is 14.8 Å². The fourth-order valence-corrected chi connectivity index (χ4v) is 3.27. The number of para-hydroxylation sites is 2. The van der Waals surface area contributed by atoms with Gasteiger partial charge >= 0.3 is 0 Å². The smallest absolute Gasteiger partial charge is 0.264 e. The maximum Gasteiger partial charge on any atom is 0.264 e. The summed E-state index contributed by atoms with van der Waals surface area (Å²) in [6, 6.07) is 7.43. The Hall–Kier alpha value is -1.23. The van der Waals surface area contributed by atoms with E-state index in [1.165, 1.54) is 12.8 Å². The van der Waals surface area contributed by atoms with Crippen LogP contribution in [0.1, 0.15) is 19.3 Å². The Labute approximate surface area is 127 Å². The van der Waals surface area contributed by atoms with Crippen molar-refractivity contribution in [3.63, 3.8) is 0 Å². The first kappa shape index (κ1) is 13.7. The van der Waals surface area contributed by atoms with Crippen molar-refractivity contribution in [2.75, 3.05) is 18.5 Å². The molecule has 1 aliphatic heterocycles. The van der Waals surface area contributed by atoms with Gasteiger partial charge < -0.3 is 14.8 Å². The minimum atomic E-state index is -0.551. The summed E-state index contributed by atoms with van der Waals surface area (Å²) in [5.41, 5.74) is 0.312. The van der Waals surface area contributed by atoms with Gasteiger partial charge in [0.05, 0.1) is 0 Å². The molecular formula is C15H18BrNO3. The van der Waals surface area contributed by atoms with E-state index in [1.54, 1.807) is 0 Å². The van der Waals surface area contributed by atoms with Crippen LogP contribution in [0.3, 0.4) is 0 Å². The molecule has 2 aliphatic rings. The van der Waals surface area contributed by atoms with E-state index < -0.39 is 6.10 Å². The zero-order valence-electron chi connectivity index (χ0n) is 11.2. The van der Waals surface area contributed by atoms with Crippen molar-refractivity contribution < 1.29 is 14.3 Å². The van der Waals surface area contributed by atoms with E-state index in [1.807, 2.05) is 24.3 Å². The van der Waals surface area contributed by atoms with E-state index in [9.17, 15) is 4.79 Å². The number of hydrogen-bond donors (Lipinski definition) is 1. The van der Waals surface area contributed by atoms with Gasteiger partial charge in [-0.3, -0.25) is 4.79 Å². The highest BCUT2D eigenvalue weighted by Crippen LogP contribution is 2.48. The van der Waals surface area contributed by atoms with E-state index >= 15 is 0 Å². The number of carbonyl (C=O) groups is 1. The molecule has 1 aliphatic carbocycles. The molecular weight excluding hydrogens is 322 g/mol. The van der Waals surface area contributed by atoms with Crippen molar-refractivity contribution in [2.45, 2.75) is 25.4 Å². The van der Waals surface area contributed by atoms with Gasteiger partial charge in [-0.05, 0) is 36.8 Å². The lowest BCUT2D eigenvalue weighted by atomic mass is 10.0. The largest absolute Gasteiger partial charge is 0.485 e. The number of benzene rings is 1. The summed E-state index contributed by atoms with van der Waals surface area (Å²) in [4.78, 5) is 12.2. The SMILES string of the molecule is O=C(NCC1(CCBr)CC1)C1COc2ccccc2O1. The van der Waals surface area contributed by atoms with Crippen molar-refractivity contribution in [1.29, 1.82) is 0 Å². The molecule has 0 bridgehead atoms. The van der Waals surface area contributed by atoms with Crippen LogP contribution in [-0.2, 0) is 4.79 Å². The van der Waals surface area contributed by atoms with Crippen LogP contribution >= 0.6 is 15.9 Å². The molecule has 5 heteroatoms. The zero-order valence-corrected chi connectivity index (χ0v) is 12.8. The molecule has 108 valence electrons. The van der Waals surface area contributed by atoms with Crippen LogP contribution in [0.5, 0.6) is 11.5 Å². The van der Waals surface area contributed by atoms with Crippen LogP contribution in [0, 0.1) is 5.41 Å². The third-order valence-corrected chi connectivity index (χ3v) is 4.42. The summed E-state index contributed by atoms with van der Waals surface area (Å²) in [7, 11) is 0. The van der Waals surface area contributed by atoms with Gasteiger partial charge in [0.15, 0.2) is 11.5 Å².